The van der Waals surface area contributed by atoms with Crippen molar-refractivity contribution in [2.45, 2.75) is 38.5 Å². The van der Waals surface area contributed by atoms with Crippen molar-refractivity contribution in [1.82, 2.24) is 4.31 Å². The smallest absolute Gasteiger partial charge is 0.243 e. The molecular weight excluding hydrogens is 286 g/mol. The average Bonchev–Trinajstić information content (AvgIpc) is 2.94. The molecule has 1 unspecified atom stereocenters. The second kappa shape index (κ2) is 6.90. The quantitative estimate of drug-likeness (QED) is 0.811. The van der Waals surface area contributed by atoms with E-state index >= 15 is 0 Å². The minimum atomic E-state index is -3.43. The Kier molecular flexibility index (Phi) is 5.41. The van der Waals surface area contributed by atoms with Crippen LogP contribution in [0.15, 0.2) is 23.1 Å². The summed E-state index contributed by atoms with van der Waals surface area (Å²) >= 11 is 0. The predicted molar refractivity (Wildman–Crippen MR) is 83.9 cm³/mol. The van der Waals surface area contributed by atoms with E-state index in [9.17, 15) is 8.42 Å². The van der Waals surface area contributed by atoms with Crippen LogP contribution in [-0.4, -0.2) is 39.0 Å². The van der Waals surface area contributed by atoms with E-state index in [2.05, 4.69) is 0 Å². The van der Waals surface area contributed by atoms with Gasteiger partial charge in [0, 0.05) is 19.7 Å². The summed E-state index contributed by atoms with van der Waals surface area (Å²) in [6, 6.07) is 5.60. The fraction of sp³-hybridized carbons (Fsp3) is 0.625. The number of ether oxygens (including phenoxy) is 1. The van der Waals surface area contributed by atoms with Crippen LogP contribution < -0.4 is 0 Å². The fourth-order valence-electron chi connectivity index (χ4n) is 2.70. The van der Waals surface area contributed by atoms with Gasteiger partial charge in [-0.05, 0) is 49.8 Å². The van der Waals surface area contributed by atoms with E-state index in [1.165, 1.54) is 0 Å². The van der Waals surface area contributed by atoms with Gasteiger partial charge in [-0.15, -0.1) is 0 Å². The Hall–Kier alpha value is -0.910. The zero-order chi connectivity index (χ0) is 15.5. The molecule has 21 heavy (non-hydrogen) atoms. The second-order valence-electron chi connectivity index (χ2n) is 5.86. The van der Waals surface area contributed by atoms with E-state index in [1.54, 1.807) is 10.4 Å². The molecule has 2 rings (SSSR count). The predicted octanol–water partition coefficient (Wildman–Crippen LogP) is 2.74. The van der Waals surface area contributed by atoms with Crippen LogP contribution in [-0.2, 0) is 14.8 Å². The van der Waals surface area contributed by atoms with Gasteiger partial charge in [0.05, 0.1) is 11.5 Å². The third-order valence-corrected chi connectivity index (χ3v) is 5.93. The number of aryl methyl sites for hydroxylation is 2. The lowest BCUT2D eigenvalue weighted by Crippen LogP contribution is -2.36. The molecule has 5 heteroatoms. The molecule has 1 aliphatic rings. The minimum absolute atomic E-state index is 0.316. The average molecular weight is 311 g/mol. The molecule has 0 N–H and O–H groups in total. The zero-order valence-electron chi connectivity index (χ0n) is 13.1. The molecule has 1 atom stereocenters. The first-order chi connectivity index (χ1) is 9.95. The molecule has 1 aromatic carbocycles. The van der Waals surface area contributed by atoms with Crippen molar-refractivity contribution in [3.05, 3.63) is 29.3 Å². The first kappa shape index (κ1) is 16.5. The van der Waals surface area contributed by atoms with Crippen LogP contribution in [0.3, 0.4) is 0 Å². The number of benzene rings is 1. The summed E-state index contributed by atoms with van der Waals surface area (Å²) in [4.78, 5) is 0.440. The van der Waals surface area contributed by atoms with Crippen LogP contribution >= 0.6 is 0 Å². The zero-order valence-corrected chi connectivity index (χ0v) is 13.9. The van der Waals surface area contributed by atoms with E-state index in [0.29, 0.717) is 30.5 Å². The first-order valence-electron chi connectivity index (χ1n) is 7.60. The molecular formula is C16H25NO3S. The minimum Gasteiger partial charge on any atom is -0.381 e. The number of hydrogen-bond donors (Lipinski definition) is 0. The third-order valence-electron chi connectivity index (χ3n) is 3.92. The molecule has 0 spiro atoms. The highest BCUT2D eigenvalue weighted by atomic mass is 32.2. The molecule has 1 saturated heterocycles. The lowest BCUT2D eigenvalue weighted by Gasteiger charge is -2.25. The van der Waals surface area contributed by atoms with Crippen molar-refractivity contribution in [1.29, 1.82) is 0 Å². The van der Waals surface area contributed by atoms with Gasteiger partial charge in [-0.25, -0.2) is 8.42 Å². The highest BCUT2D eigenvalue weighted by Crippen LogP contribution is 2.24. The van der Waals surface area contributed by atoms with Gasteiger partial charge in [0.15, 0.2) is 0 Å². The van der Waals surface area contributed by atoms with E-state index in [4.69, 9.17) is 4.74 Å². The first-order valence-corrected chi connectivity index (χ1v) is 9.04. The normalized spacial score (nSPS) is 19.3. The Morgan fingerprint density at radius 2 is 2.10 bits per heavy atom. The Bertz CT molecular complexity index is 577. The van der Waals surface area contributed by atoms with E-state index < -0.39 is 10.0 Å². The molecule has 0 aromatic heterocycles. The summed E-state index contributed by atoms with van der Waals surface area (Å²) in [6.07, 6.45) is 1.76. The number of hydrogen-bond acceptors (Lipinski definition) is 3. The molecule has 0 radical (unpaired) electrons. The van der Waals surface area contributed by atoms with Crippen molar-refractivity contribution in [3.63, 3.8) is 0 Å². The van der Waals surface area contributed by atoms with Gasteiger partial charge in [0.2, 0.25) is 10.0 Å². The Labute approximate surface area is 128 Å². The summed E-state index contributed by atoms with van der Waals surface area (Å²) in [7, 11) is -3.43. The van der Waals surface area contributed by atoms with Gasteiger partial charge in [-0.1, -0.05) is 19.1 Å². The summed E-state index contributed by atoms with van der Waals surface area (Å²) in [6.45, 7) is 8.33. The summed E-state index contributed by atoms with van der Waals surface area (Å²) in [5.41, 5.74) is 1.78. The fourth-order valence-corrected chi connectivity index (χ4v) is 4.62. The largest absolute Gasteiger partial charge is 0.381 e. The molecule has 0 amide bonds. The molecule has 0 saturated carbocycles. The van der Waals surface area contributed by atoms with Crippen molar-refractivity contribution in [2.24, 2.45) is 5.92 Å². The molecule has 0 bridgehead atoms. The van der Waals surface area contributed by atoms with Gasteiger partial charge in [-0.3, -0.25) is 0 Å². The standard InChI is InChI=1S/C16H25NO3S/c1-4-8-17(11-15-7-9-20-12-15)21(18,19)16-10-13(2)5-6-14(16)3/h5-6,10,15H,4,7-9,11-12H2,1-3H3. The monoisotopic (exact) mass is 311 g/mol. The molecule has 4 nitrogen and oxygen atoms in total. The van der Waals surface area contributed by atoms with Crippen LogP contribution in [0.1, 0.15) is 30.9 Å². The molecule has 1 aliphatic heterocycles. The third kappa shape index (κ3) is 3.84. The summed E-state index contributed by atoms with van der Waals surface area (Å²) in [5, 5.41) is 0. The van der Waals surface area contributed by atoms with Crippen LogP contribution in [0.5, 0.6) is 0 Å². The van der Waals surface area contributed by atoms with Gasteiger partial charge < -0.3 is 4.74 Å². The molecule has 1 heterocycles. The maximum atomic E-state index is 13.0. The van der Waals surface area contributed by atoms with Crippen molar-refractivity contribution in [2.75, 3.05) is 26.3 Å². The van der Waals surface area contributed by atoms with Crippen LogP contribution in [0, 0.1) is 19.8 Å². The molecule has 1 fully saturated rings. The highest BCUT2D eigenvalue weighted by Gasteiger charge is 2.29. The lowest BCUT2D eigenvalue weighted by molar-refractivity contribution is 0.180. The number of sulfonamides is 1. The SMILES string of the molecule is CCCN(CC1CCOC1)S(=O)(=O)c1cc(C)ccc1C. The molecule has 0 aliphatic carbocycles. The van der Waals surface area contributed by atoms with Crippen molar-refractivity contribution >= 4 is 10.0 Å². The Morgan fingerprint density at radius 1 is 1.33 bits per heavy atom. The highest BCUT2D eigenvalue weighted by molar-refractivity contribution is 7.89. The summed E-state index contributed by atoms with van der Waals surface area (Å²) in [5.74, 6) is 0.316. The van der Waals surface area contributed by atoms with Crippen molar-refractivity contribution in [3.8, 4) is 0 Å². The maximum absolute atomic E-state index is 13.0. The number of rotatable bonds is 6. The Morgan fingerprint density at radius 3 is 2.71 bits per heavy atom. The van der Waals surface area contributed by atoms with E-state index in [1.807, 2.05) is 32.9 Å². The van der Waals surface area contributed by atoms with Gasteiger partial charge in [0.1, 0.15) is 0 Å². The molecule has 118 valence electrons. The summed E-state index contributed by atoms with van der Waals surface area (Å²) < 4.78 is 32.9. The van der Waals surface area contributed by atoms with E-state index in [-0.39, 0.29) is 0 Å². The molecule has 1 aromatic rings. The van der Waals surface area contributed by atoms with Gasteiger partial charge in [-0.2, -0.15) is 4.31 Å². The lowest BCUT2D eigenvalue weighted by atomic mass is 10.1. The maximum Gasteiger partial charge on any atom is 0.243 e. The second-order valence-corrected chi connectivity index (χ2v) is 7.77. The topological polar surface area (TPSA) is 46.6 Å². The van der Waals surface area contributed by atoms with Crippen molar-refractivity contribution < 1.29 is 13.2 Å². The van der Waals surface area contributed by atoms with Crippen LogP contribution in [0.4, 0.5) is 0 Å². The Balaban J connectivity index is 2.29. The van der Waals surface area contributed by atoms with Gasteiger partial charge >= 0.3 is 0 Å². The van der Waals surface area contributed by atoms with E-state index in [0.717, 1.165) is 30.6 Å². The number of nitrogens with zero attached hydrogens (tertiary/aromatic N) is 1. The van der Waals surface area contributed by atoms with Crippen LogP contribution in [0.25, 0.3) is 0 Å². The van der Waals surface area contributed by atoms with Crippen LogP contribution in [0.2, 0.25) is 0 Å². The van der Waals surface area contributed by atoms with Gasteiger partial charge in [0.25, 0.3) is 0 Å².